The number of anilines is 2. The van der Waals surface area contributed by atoms with Gasteiger partial charge in [0.2, 0.25) is 0 Å². The van der Waals surface area contributed by atoms with E-state index in [1.54, 1.807) is 23.1 Å². The summed E-state index contributed by atoms with van der Waals surface area (Å²) >= 11 is 0. The Labute approximate surface area is 107 Å². The van der Waals surface area contributed by atoms with Crippen LogP contribution in [0, 0.1) is 0 Å². The summed E-state index contributed by atoms with van der Waals surface area (Å²) < 4.78 is 5.61. The van der Waals surface area contributed by atoms with Crippen molar-refractivity contribution >= 4 is 17.3 Å². The Balaban J connectivity index is 2.20. The number of nitrogens with two attached hydrogens (primary N) is 2. The van der Waals surface area contributed by atoms with Crippen molar-refractivity contribution in [2.45, 2.75) is 26.1 Å². The lowest BCUT2D eigenvalue weighted by Crippen LogP contribution is -2.48. The lowest BCUT2D eigenvalue weighted by atomic mass is 10.1. The molecular formula is C13H19N3O2. The summed E-state index contributed by atoms with van der Waals surface area (Å²) in [5.41, 5.74) is 13.0. The van der Waals surface area contributed by atoms with Gasteiger partial charge >= 0.3 is 0 Å². The first-order valence-electron chi connectivity index (χ1n) is 6.06. The van der Waals surface area contributed by atoms with Crippen LogP contribution in [-0.2, 0) is 4.74 Å². The molecule has 0 aliphatic carbocycles. The van der Waals surface area contributed by atoms with E-state index in [4.69, 9.17) is 16.2 Å². The molecule has 0 unspecified atom stereocenters. The van der Waals surface area contributed by atoms with Crippen molar-refractivity contribution in [1.29, 1.82) is 0 Å². The number of ether oxygens (including phenoxy) is 1. The molecule has 1 aromatic rings. The third-order valence-corrected chi connectivity index (χ3v) is 2.93. The van der Waals surface area contributed by atoms with Crippen molar-refractivity contribution in [3.63, 3.8) is 0 Å². The fourth-order valence-corrected chi connectivity index (χ4v) is 2.33. The highest BCUT2D eigenvalue weighted by Gasteiger charge is 2.26. The van der Waals surface area contributed by atoms with Crippen LogP contribution in [0.15, 0.2) is 18.2 Å². The van der Waals surface area contributed by atoms with E-state index in [0.717, 1.165) is 0 Å². The monoisotopic (exact) mass is 249 g/mol. The minimum Gasteiger partial charge on any atom is -0.399 e. The molecule has 5 heteroatoms. The predicted octanol–water partition coefficient (Wildman–Crippen LogP) is 1.10. The van der Waals surface area contributed by atoms with Gasteiger partial charge in [0, 0.05) is 30.0 Å². The summed E-state index contributed by atoms with van der Waals surface area (Å²) in [5, 5.41) is 0. The maximum atomic E-state index is 12.4. The molecule has 2 atom stereocenters. The maximum Gasteiger partial charge on any atom is 0.254 e. The van der Waals surface area contributed by atoms with Crippen LogP contribution in [0.3, 0.4) is 0 Å². The molecule has 5 nitrogen and oxygen atoms in total. The smallest absolute Gasteiger partial charge is 0.254 e. The van der Waals surface area contributed by atoms with Crippen molar-refractivity contribution in [3.05, 3.63) is 23.8 Å². The van der Waals surface area contributed by atoms with E-state index < -0.39 is 0 Å². The van der Waals surface area contributed by atoms with Crippen molar-refractivity contribution < 1.29 is 9.53 Å². The summed E-state index contributed by atoms with van der Waals surface area (Å²) in [7, 11) is 0. The summed E-state index contributed by atoms with van der Waals surface area (Å²) in [6.07, 6.45) is 0.104. The van der Waals surface area contributed by atoms with E-state index in [-0.39, 0.29) is 18.1 Å². The van der Waals surface area contributed by atoms with Gasteiger partial charge in [-0.15, -0.1) is 0 Å². The molecule has 1 aromatic carbocycles. The van der Waals surface area contributed by atoms with Crippen molar-refractivity contribution in [2.75, 3.05) is 24.6 Å². The van der Waals surface area contributed by atoms with Crippen LogP contribution < -0.4 is 11.5 Å². The topological polar surface area (TPSA) is 81.6 Å². The Morgan fingerprint density at radius 2 is 1.67 bits per heavy atom. The van der Waals surface area contributed by atoms with Crippen LogP contribution >= 0.6 is 0 Å². The van der Waals surface area contributed by atoms with Gasteiger partial charge in [0.1, 0.15) is 0 Å². The molecule has 0 aromatic heterocycles. The number of amides is 1. The van der Waals surface area contributed by atoms with Crippen LogP contribution in [-0.4, -0.2) is 36.1 Å². The maximum absolute atomic E-state index is 12.4. The second-order valence-electron chi connectivity index (χ2n) is 4.86. The summed E-state index contributed by atoms with van der Waals surface area (Å²) in [6, 6.07) is 4.95. The first-order valence-corrected chi connectivity index (χ1v) is 6.06. The van der Waals surface area contributed by atoms with E-state index in [0.29, 0.717) is 30.0 Å². The lowest BCUT2D eigenvalue weighted by molar-refractivity contribution is -0.0586. The number of morpholine rings is 1. The highest BCUT2D eigenvalue weighted by atomic mass is 16.5. The van der Waals surface area contributed by atoms with E-state index in [1.807, 2.05) is 13.8 Å². The van der Waals surface area contributed by atoms with Gasteiger partial charge in [-0.3, -0.25) is 4.79 Å². The van der Waals surface area contributed by atoms with Crippen LogP contribution in [0.25, 0.3) is 0 Å². The zero-order valence-corrected chi connectivity index (χ0v) is 10.7. The minimum atomic E-state index is -0.0454. The van der Waals surface area contributed by atoms with Gasteiger partial charge in [-0.2, -0.15) is 0 Å². The number of carbonyl (C=O) groups is 1. The van der Waals surface area contributed by atoms with Crippen LogP contribution in [0.2, 0.25) is 0 Å². The standard InChI is InChI=1S/C13H19N3O2/c1-8-6-16(7-9(2)18-8)13(17)10-3-11(14)5-12(15)4-10/h3-5,8-9H,6-7,14-15H2,1-2H3/t8-,9-/m1/s1. The van der Waals surface area contributed by atoms with Crippen molar-refractivity contribution in [1.82, 2.24) is 4.90 Å². The molecule has 0 spiro atoms. The molecule has 1 heterocycles. The highest BCUT2D eigenvalue weighted by molar-refractivity contribution is 5.96. The third-order valence-electron chi connectivity index (χ3n) is 2.93. The SMILES string of the molecule is C[C@@H]1CN(C(=O)c2cc(N)cc(N)c2)C[C@@H](C)O1. The molecule has 1 amide bonds. The first kappa shape index (κ1) is 12.7. The number of benzene rings is 1. The van der Waals surface area contributed by atoms with Gasteiger partial charge in [-0.25, -0.2) is 0 Å². The second kappa shape index (κ2) is 4.86. The fraction of sp³-hybridized carbons (Fsp3) is 0.462. The number of carbonyl (C=O) groups excluding carboxylic acids is 1. The van der Waals surface area contributed by atoms with E-state index in [9.17, 15) is 4.79 Å². The fourth-order valence-electron chi connectivity index (χ4n) is 2.33. The zero-order valence-electron chi connectivity index (χ0n) is 10.7. The Morgan fingerprint density at radius 1 is 1.17 bits per heavy atom. The summed E-state index contributed by atoms with van der Waals surface area (Å²) in [4.78, 5) is 14.1. The minimum absolute atomic E-state index is 0.0454. The molecule has 0 radical (unpaired) electrons. The summed E-state index contributed by atoms with van der Waals surface area (Å²) in [5.74, 6) is -0.0454. The Bertz CT molecular complexity index is 431. The van der Waals surface area contributed by atoms with Crippen LogP contribution in [0.4, 0.5) is 11.4 Å². The van der Waals surface area contributed by atoms with Gasteiger partial charge in [0.25, 0.3) is 5.91 Å². The number of nitrogens with zero attached hydrogens (tertiary/aromatic N) is 1. The number of hydrogen-bond donors (Lipinski definition) is 2. The van der Waals surface area contributed by atoms with Gasteiger partial charge in [-0.05, 0) is 32.0 Å². The van der Waals surface area contributed by atoms with Crippen LogP contribution in [0.1, 0.15) is 24.2 Å². The van der Waals surface area contributed by atoms with Gasteiger partial charge in [0.15, 0.2) is 0 Å². The average molecular weight is 249 g/mol. The Morgan fingerprint density at radius 3 is 2.17 bits per heavy atom. The number of hydrogen-bond acceptors (Lipinski definition) is 4. The molecule has 0 bridgehead atoms. The zero-order chi connectivity index (χ0) is 13.3. The summed E-state index contributed by atoms with van der Waals surface area (Å²) in [6.45, 7) is 5.11. The third kappa shape index (κ3) is 2.73. The largest absolute Gasteiger partial charge is 0.399 e. The number of nitrogen functional groups attached to an aromatic ring is 2. The molecule has 1 aliphatic heterocycles. The molecule has 1 fully saturated rings. The average Bonchev–Trinajstić information content (AvgIpc) is 2.25. The molecule has 1 aliphatic rings. The number of rotatable bonds is 1. The van der Waals surface area contributed by atoms with Gasteiger partial charge in [0.05, 0.1) is 12.2 Å². The Kier molecular flexibility index (Phi) is 3.43. The van der Waals surface area contributed by atoms with Gasteiger partial charge in [-0.1, -0.05) is 0 Å². The first-order chi connectivity index (χ1) is 8.45. The quantitative estimate of drug-likeness (QED) is 0.730. The molecule has 18 heavy (non-hydrogen) atoms. The van der Waals surface area contributed by atoms with Crippen molar-refractivity contribution in [2.24, 2.45) is 0 Å². The van der Waals surface area contributed by atoms with E-state index >= 15 is 0 Å². The molecular weight excluding hydrogens is 230 g/mol. The van der Waals surface area contributed by atoms with Crippen LogP contribution in [0.5, 0.6) is 0 Å². The van der Waals surface area contributed by atoms with Gasteiger partial charge < -0.3 is 21.1 Å². The Hall–Kier alpha value is -1.75. The normalized spacial score (nSPS) is 24.0. The predicted molar refractivity (Wildman–Crippen MR) is 71.2 cm³/mol. The molecule has 0 saturated carbocycles. The highest BCUT2D eigenvalue weighted by Crippen LogP contribution is 2.18. The molecule has 98 valence electrons. The lowest BCUT2D eigenvalue weighted by Gasteiger charge is -2.35. The van der Waals surface area contributed by atoms with E-state index in [1.165, 1.54) is 0 Å². The van der Waals surface area contributed by atoms with E-state index in [2.05, 4.69) is 0 Å². The van der Waals surface area contributed by atoms with Crippen molar-refractivity contribution in [3.8, 4) is 0 Å². The molecule has 2 rings (SSSR count). The molecule has 4 N–H and O–H groups in total. The molecule has 1 saturated heterocycles. The second-order valence-corrected chi connectivity index (χ2v) is 4.86.